The van der Waals surface area contributed by atoms with Gasteiger partial charge in [0.05, 0.1) is 31.5 Å². The molecule has 0 aliphatic carbocycles. The fourth-order valence-corrected chi connectivity index (χ4v) is 13.9. The summed E-state index contributed by atoms with van der Waals surface area (Å²) in [5, 5.41) is 8.92. The quantitative estimate of drug-likeness (QED) is 0.0736. The SMILES string of the molecule is Br.COC(=O)c1cccc(CBr)c1.COC(=O)c1cccc(C[P+](c2ccccc2)(c2ccccc2)c2ccccc2)c1.c1ccc(P(c2ccccc2)c2ccccc2)cc1. The normalized spacial score (nSPS) is 10.5. The van der Waals surface area contributed by atoms with E-state index in [2.05, 4.69) is 209 Å². The molecule has 312 valence electrons. The third-order valence-corrected chi connectivity index (χ3v) is 17.4. The third kappa shape index (κ3) is 12.6. The zero-order valence-corrected chi connectivity index (χ0v) is 39.8. The Bertz CT molecular complexity index is 2360. The Labute approximate surface area is 387 Å². The summed E-state index contributed by atoms with van der Waals surface area (Å²) in [6.45, 7) is 0. The highest BCUT2D eigenvalue weighted by Crippen LogP contribution is 2.58. The van der Waals surface area contributed by atoms with Crippen molar-refractivity contribution in [3.8, 4) is 0 Å². The van der Waals surface area contributed by atoms with Gasteiger partial charge in [0.2, 0.25) is 0 Å². The predicted octanol–water partition coefficient (Wildman–Crippen LogP) is 11.4. The van der Waals surface area contributed by atoms with Crippen LogP contribution in [0.3, 0.4) is 0 Å². The first-order chi connectivity index (χ1) is 30.0. The van der Waals surface area contributed by atoms with Crippen molar-refractivity contribution in [1.29, 1.82) is 0 Å². The lowest BCUT2D eigenvalue weighted by molar-refractivity contribution is 0.0592. The number of carbonyl (C=O) groups is 2. The molecule has 0 bridgehead atoms. The van der Waals surface area contributed by atoms with Crippen molar-refractivity contribution in [2.45, 2.75) is 11.5 Å². The van der Waals surface area contributed by atoms with Crippen LogP contribution in [-0.2, 0) is 21.0 Å². The van der Waals surface area contributed by atoms with Crippen LogP contribution in [-0.4, -0.2) is 26.2 Å². The van der Waals surface area contributed by atoms with Gasteiger partial charge in [-0.15, -0.1) is 17.0 Å². The Kier molecular flexibility index (Phi) is 19.1. The molecule has 8 aromatic rings. The second kappa shape index (κ2) is 24.8. The van der Waals surface area contributed by atoms with Gasteiger partial charge in [0, 0.05) is 5.33 Å². The lowest BCUT2D eigenvalue weighted by Crippen LogP contribution is -2.32. The third-order valence-electron chi connectivity index (χ3n) is 9.90. The zero-order valence-electron chi connectivity index (χ0n) is 34.7. The minimum atomic E-state index is -1.99. The van der Waals surface area contributed by atoms with Crippen LogP contribution in [0.5, 0.6) is 0 Å². The molecule has 0 unspecified atom stereocenters. The average molecular weight is 984 g/mol. The molecule has 0 aliphatic heterocycles. The summed E-state index contributed by atoms with van der Waals surface area (Å²) < 4.78 is 9.53. The van der Waals surface area contributed by atoms with Crippen LogP contribution in [0.25, 0.3) is 0 Å². The number of methoxy groups -OCH3 is 2. The molecule has 0 fully saturated rings. The molecule has 0 atom stereocenters. The van der Waals surface area contributed by atoms with E-state index in [1.807, 2.05) is 30.3 Å². The number of benzene rings is 8. The fraction of sp³-hybridized carbons (Fsp3) is 0.0741. The molecule has 4 nitrogen and oxygen atoms in total. The van der Waals surface area contributed by atoms with Crippen molar-refractivity contribution in [3.63, 3.8) is 0 Å². The van der Waals surface area contributed by atoms with Crippen molar-refractivity contribution in [1.82, 2.24) is 0 Å². The number of halogens is 2. The minimum absolute atomic E-state index is 0. The molecule has 0 N–H and O–H groups in total. The van der Waals surface area contributed by atoms with Crippen LogP contribution in [0.1, 0.15) is 31.8 Å². The molecule has 8 heteroatoms. The van der Waals surface area contributed by atoms with Gasteiger partial charge in [0.1, 0.15) is 23.2 Å². The summed E-state index contributed by atoms with van der Waals surface area (Å²) in [5.74, 6) is -0.599. The summed E-state index contributed by atoms with van der Waals surface area (Å²) in [5.41, 5.74) is 3.37. The van der Waals surface area contributed by atoms with E-state index in [0.717, 1.165) is 22.6 Å². The van der Waals surface area contributed by atoms with Crippen molar-refractivity contribution in [2.24, 2.45) is 0 Å². The molecule has 0 spiro atoms. The van der Waals surface area contributed by atoms with Crippen LogP contribution in [0.2, 0.25) is 0 Å². The lowest BCUT2D eigenvalue weighted by Gasteiger charge is -2.28. The van der Waals surface area contributed by atoms with E-state index in [4.69, 9.17) is 4.74 Å². The molecule has 0 aromatic heterocycles. The molecule has 0 amide bonds. The van der Waals surface area contributed by atoms with Crippen LogP contribution in [0.4, 0.5) is 0 Å². The summed E-state index contributed by atoms with van der Waals surface area (Å²) in [7, 11) is 0.367. The molecule has 8 aromatic carbocycles. The fourth-order valence-electron chi connectivity index (χ4n) is 7.03. The van der Waals surface area contributed by atoms with Crippen LogP contribution in [0, 0.1) is 0 Å². The maximum absolute atomic E-state index is 12.1. The minimum Gasteiger partial charge on any atom is -0.465 e. The number of rotatable bonds is 11. The Morgan fingerprint density at radius 1 is 0.435 bits per heavy atom. The maximum atomic E-state index is 12.1. The van der Waals surface area contributed by atoms with E-state index in [1.54, 1.807) is 12.1 Å². The first-order valence-corrected chi connectivity index (χ1v) is 24.3. The first-order valence-electron chi connectivity index (χ1n) is 19.9. The summed E-state index contributed by atoms with van der Waals surface area (Å²) in [4.78, 5) is 23.2. The molecule has 0 saturated heterocycles. The highest BCUT2D eigenvalue weighted by atomic mass is 79.9. The Morgan fingerprint density at radius 2 is 0.742 bits per heavy atom. The number of hydrogen-bond donors (Lipinski definition) is 0. The van der Waals surface area contributed by atoms with Gasteiger partial charge in [0.25, 0.3) is 0 Å². The molecular formula is C54H49Br2O4P2+. The molecule has 62 heavy (non-hydrogen) atoms. The van der Waals surface area contributed by atoms with Crippen molar-refractivity contribution in [2.75, 3.05) is 14.2 Å². The van der Waals surface area contributed by atoms with Crippen LogP contribution >= 0.6 is 48.1 Å². The number of alkyl halides is 1. The van der Waals surface area contributed by atoms with Gasteiger partial charge in [0.15, 0.2) is 0 Å². The Balaban J connectivity index is 0.000000194. The van der Waals surface area contributed by atoms with Gasteiger partial charge >= 0.3 is 11.9 Å². The molecular weight excluding hydrogens is 934 g/mol. The first kappa shape index (κ1) is 47.6. The van der Waals surface area contributed by atoms with Gasteiger partial charge in [-0.1, -0.05) is 186 Å². The summed E-state index contributed by atoms with van der Waals surface area (Å²) in [6, 6.07) is 79.7. The van der Waals surface area contributed by atoms with Gasteiger partial charge in [-0.2, -0.15) is 0 Å². The maximum Gasteiger partial charge on any atom is 0.337 e. The topological polar surface area (TPSA) is 52.6 Å². The van der Waals surface area contributed by atoms with E-state index < -0.39 is 15.2 Å². The van der Waals surface area contributed by atoms with Gasteiger partial charge in [-0.25, -0.2) is 9.59 Å². The highest BCUT2D eigenvalue weighted by molar-refractivity contribution is 9.08. The second-order valence-electron chi connectivity index (χ2n) is 13.8. The predicted molar refractivity (Wildman–Crippen MR) is 273 cm³/mol. The van der Waals surface area contributed by atoms with E-state index in [1.165, 1.54) is 46.0 Å². The summed E-state index contributed by atoms with van der Waals surface area (Å²) >= 11 is 3.31. The number of esters is 2. The monoisotopic (exact) mass is 981 g/mol. The molecule has 0 radical (unpaired) electrons. The van der Waals surface area contributed by atoms with Gasteiger partial charge in [-0.3, -0.25) is 0 Å². The van der Waals surface area contributed by atoms with E-state index in [-0.39, 0.29) is 28.9 Å². The number of carbonyl (C=O) groups excluding carboxylic acids is 2. The largest absolute Gasteiger partial charge is 0.465 e. The van der Waals surface area contributed by atoms with Crippen LogP contribution < -0.4 is 31.8 Å². The molecule has 0 aliphatic rings. The number of ether oxygens (including phenoxy) is 2. The average Bonchev–Trinajstić information content (AvgIpc) is 3.35. The van der Waals surface area contributed by atoms with E-state index in [0.29, 0.717) is 11.1 Å². The highest BCUT2D eigenvalue weighted by Gasteiger charge is 2.45. The van der Waals surface area contributed by atoms with Crippen molar-refractivity contribution in [3.05, 3.63) is 253 Å². The van der Waals surface area contributed by atoms with E-state index in [9.17, 15) is 9.59 Å². The summed E-state index contributed by atoms with van der Waals surface area (Å²) in [6.07, 6.45) is 0.829. The standard InChI is InChI=1S/C27H24O2P.C18H15P.C9H9BrO2.BrH/c1-29-27(28)23-13-11-12-22(20-23)21-30(24-14-5-2-6-15-24,25-16-7-3-8-17-25)26-18-9-4-10-19-26;1-4-10-16(11-5-1)19(17-12-6-2-7-13-17)18-14-8-3-9-15-18;1-12-9(11)8-4-2-3-7(5-8)6-10;/h2-20H,21H2,1H3;1-15H;2-5H,6H2,1H3;1H/q+1;;;. The zero-order chi connectivity index (χ0) is 42.7. The van der Waals surface area contributed by atoms with Gasteiger partial charge in [-0.05, 0) is 95.6 Å². The van der Waals surface area contributed by atoms with Crippen molar-refractivity contribution >= 4 is 91.9 Å². The Morgan fingerprint density at radius 3 is 1.06 bits per heavy atom. The van der Waals surface area contributed by atoms with Crippen molar-refractivity contribution < 1.29 is 19.1 Å². The lowest BCUT2D eigenvalue weighted by atomic mass is 10.1. The van der Waals surface area contributed by atoms with Crippen LogP contribution in [0.15, 0.2) is 231 Å². The molecule has 0 saturated carbocycles. The second-order valence-corrected chi connectivity index (χ2v) is 20.1. The molecule has 0 heterocycles. The number of hydrogen-bond acceptors (Lipinski definition) is 4. The van der Waals surface area contributed by atoms with Gasteiger partial charge < -0.3 is 9.47 Å². The smallest absolute Gasteiger partial charge is 0.337 e. The molecule has 8 rings (SSSR count). The van der Waals surface area contributed by atoms with E-state index >= 15 is 0 Å². The Hall–Kier alpha value is -5.48.